The van der Waals surface area contributed by atoms with Crippen LogP contribution in [0.25, 0.3) is 0 Å². The smallest absolute Gasteiger partial charge is 0.217 e. The fraction of sp³-hybridized carbons (Fsp3) is 0.929. The summed E-state index contributed by atoms with van der Waals surface area (Å²) in [6, 6.07) is -0.412. The lowest BCUT2D eigenvalue weighted by molar-refractivity contribution is -0.125. The quantitative estimate of drug-likeness (QED) is 0.760. The van der Waals surface area contributed by atoms with Gasteiger partial charge in [0.15, 0.2) is 0 Å². The van der Waals surface area contributed by atoms with Crippen molar-refractivity contribution in [3.05, 3.63) is 0 Å². The van der Waals surface area contributed by atoms with Gasteiger partial charge in [-0.3, -0.25) is 4.79 Å². The van der Waals surface area contributed by atoms with Gasteiger partial charge in [-0.25, -0.2) is 0 Å². The summed E-state index contributed by atoms with van der Waals surface area (Å²) in [7, 11) is 0. The lowest BCUT2D eigenvalue weighted by Crippen LogP contribution is -2.55. The van der Waals surface area contributed by atoms with E-state index in [2.05, 4.69) is 5.32 Å². The molecule has 0 radical (unpaired) electrons. The van der Waals surface area contributed by atoms with Crippen LogP contribution in [-0.2, 0) is 14.3 Å². The van der Waals surface area contributed by atoms with Crippen LogP contribution < -0.4 is 5.32 Å². The maximum atomic E-state index is 11.2. The summed E-state index contributed by atoms with van der Waals surface area (Å²) in [6.45, 7) is 8.94. The molecule has 2 N–H and O–H groups in total. The summed E-state index contributed by atoms with van der Waals surface area (Å²) in [5, 5.41) is 12.9. The molecule has 1 fully saturated rings. The molecule has 0 aromatic rings. The van der Waals surface area contributed by atoms with E-state index < -0.39 is 11.6 Å². The van der Waals surface area contributed by atoms with Crippen molar-refractivity contribution >= 4 is 5.91 Å². The highest BCUT2D eigenvalue weighted by molar-refractivity contribution is 5.73. The number of carbonyl (C=O) groups is 1. The maximum Gasteiger partial charge on any atom is 0.217 e. The van der Waals surface area contributed by atoms with Crippen molar-refractivity contribution in [3.8, 4) is 0 Å². The molecule has 1 aliphatic rings. The minimum absolute atomic E-state index is 0.159. The summed E-state index contributed by atoms with van der Waals surface area (Å²) in [6.07, 6.45) is 1.80. The van der Waals surface area contributed by atoms with Crippen molar-refractivity contribution in [1.82, 2.24) is 5.32 Å². The highest BCUT2D eigenvalue weighted by atomic mass is 16.5. The second-order valence-electron chi connectivity index (χ2n) is 5.93. The maximum absolute atomic E-state index is 11.2. The Bertz CT molecular complexity index is 282. The Morgan fingerprint density at radius 3 is 2.53 bits per heavy atom. The first-order chi connectivity index (χ1) is 8.80. The van der Waals surface area contributed by atoms with Crippen LogP contribution in [0.4, 0.5) is 0 Å². The second-order valence-corrected chi connectivity index (χ2v) is 5.93. The number of amides is 1. The van der Waals surface area contributed by atoms with Gasteiger partial charge in [0.1, 0.15) is 0 Å². The van der Waals surface area contributed by atoms with Crippen molar-refractivity contribution in [1.29, 1.82) is 0 Å². The third-order valence-electron chi connectivity index (χ3n) is 3.52. The van der Waals surface area contributed by atoms with Gasteiger partial charge in [-0.15, -0.1) is 0 Å². The van der Waals surface area contributed by atoms with E-state index in [9.17, 15) is 9.90 Å². The number of hydrogen-bond donors (Lipinski definition) is 2. The zero-order valence-electron chi connectivity index (χ0n) is 12.4. The highest BCUT2D eigenvalue weighted by Gasteiger charge is 2.33. The molecular weight excluding hydrogens is 246 g/mol. The van der Waals surface area contributed by atoms with Crippen LogP contribution in [0.5, 0.6) is 0 Å². The molecule has 1 rings (SSSR count). The van der Waals surface area contributed by atoms with Gasteiger partial charge in [0, 0.05) is 20.1 Å². The largest absolute Gasteiger partial charge is 0.388 e. The predicted octanol–water partition coefficient (Wildman–Crippen LogP) is 1.09. The van der Waals surface area contributed by atoms with E-state index in [4.69, 9.17) is 9.47 Å². The Kier molecular flexibility index (Phi) is 6.23. The second kappa shape index (κ2) is 7.22. The molecule has 1 aliphatic heterocycles. The van der Waals surface area contributed by atoms with Crippen molar-refractivity contribution in [2.24, 2.45) is 5.92 Å². The first kappa shape index (κ1) is 16.4. The van der Waals surface area contributed by atoms with Gasteiger partial charge in [0.05, 0.1) is 24.4 Å². The molecule has 112 valence electrons. The van der Waals surface area contributed by atoms with Crippen LogP contribution in [0.1, 0.15) is 40.5 Å². The number of nitrogens with one attached hydrogen (secondary N) is 1. The summed E-state index contributed by atoms with van der Waals surface area (Å²) in [4.78, 5) is 11.2. The summed E-state index contributed by atoms with van der Waals surface area (Å²) < 4.78 is 11.1. The van der Waals surface area contributed by atoms with Crippen LogP contribution >= 0.6 is 0 Å². The summed E-state index contributed by atoms with van der Waals surface area (Å²) in [5.74, 6) is 0.352. The molecule has 0 bridgehead atoms. The van der Waals surface area contributed by atoms with Gasteiger partial charge >= 0.3 is 0 Å². The van der Waals surface area contributed by atoms with Crippen LogP contribution in [0.15, 0.2) is 0 Å². The number of ether oxygens (including phenoxy) is 2. The van der Waals surface area contributed by atoms with E-state index in [0.29, 0.717) is 12.5 Å². The van der Waals surface area contributed by atoms with Gasteiger partial charge in [0.25, 0.3) is 0 Å². The van der Waals surface area contributed by atoms with E-state index in [1.807, 2.05) is 6.92 Å². The number of carbonyl (C=O) groups excluding carboxylic acids is 1. The Morgan fingerprint density at radius 2 is 2.05 bits per heavy atom. The molecule has 0 aliphatic carbocycles. The average molecular weight is 273 g/mol. The van der Waals surface area contributed by atoms with E-state index in [1.54, 1.807) is 13.8 Å². The Morgan fingerprint density at radius 1 is 1.47 bits per heavy atom. The van der Waals surface area contributed by atoms with E-state index >= 15 is 0 Å². The van der Waals surface area contributed by atoms with Crippen molar-refractivity contribution in [2.75, 3.05) is 19.8 Å². The van der Waals surface area contributed by atoms with Crippen LogP contribution in [-0.4, -0.2) is 48.6 Å². The van der Waals surface area contributed by atoms with E-state index in [1.165, 1.54) is 6.92 Å². The average Bonchev–Trinajstić information content (AvgIpc) is 2.33. The standard InChI is InChI=1S/C14H27NO4/c1-10(13(14(3,4)17)15-11(2)16)19-9-12-5-7-18-8-6-12/h10,12-13,17H,5-9H2,1-4H3,(H,15,16). The number of hydrogen-bond acceptors (Lipinski definition) is 4. The Labute approximate surface area is 115 Å². The molecule has 1 saturated heterocycles. The van der Waals surface area contributed by atoms with Gasteiger partial charge in [0.2, 0.25) is 5.91 Å². The van der Waals surface area contributed by atoms with Crippen LogP contribution in [0, 0.1) is 5.92 Å². The zero-order valence-corrected chi connectivity index (χ0v) is 12.4. The molecule has 0 saturated carbocycles. The fourth-order valence-corrected chi connectivity index (χ4v) is 2.38. The molecule has 5 heteroatoms. The Balaban J connectivity index is 2.46. The van der Waals surface area contributed by atoms with Gasteiger partial charge in [-0.2, -0.15) is 0 Å². The predicted molar refractivity (Wildman–Crippen MR) is 72.9 cm³/mol. The molecule has 2 atom stereocenters. The molecule has 0 spiro atoms. The Hall–Kier alpha value is -0.650. The third kappa shape index (κ3) is 5.89. The summed E-state index contributed by atoms with van der Waals surface area (Å²) in [5.41, 5.74) is -1.01. The fourth-order valence-electron chi connectivity index (χ4n) is 2.38. The summed E-state index contributed by atoms with van der Waals surface area (Å²) >= 11 is 0. The van der Waals surface area contributed by atoms with Crippen LogP contribution in [0.3, 0.4) is 0 Å². The molecule has 0 aromatic carbocycles. The van der Waals surface area contributed by atoms with Crippen molar-refractivity contribution in [3.63, 3.8) is 0 Å². The molecule has 5 nitrogen and oxygen atoms in total. The topological polar surface area (TPSA) is 67.8 Å². The molecule has 19 heavy (non-hydrogen) atoms. The lowest BCUT2D eigenvalue weighted by atomic mass is 9.94. The SMILES string of the molecule is CC(=O)NC(C(C)OCC1CCOCC1)C(C)(C)O. The van der Waals surface area contributed by atoms with Crippen molar-refractivity contribution < 1.29 is 19.4 Å². The monoisotopic (exact) mass is 273 g/mol. The minimum Gasteiger partial charge on any atom is -0.388 e. The highest BCUT2D eigenvalue weighted by Crippen LogP contribution is 2.19. The van der Waals surface area contributed by atoms with E-state index in [-0.39, 0.29) is 12.0 Å². The lowest BCUT2D eigenvalue weighted by Gasteiger charge is -2.35. The molecule has 2 unspecified atom stereocenters. The van der Waals surface area contributed by atoms with Gasteiger partial charge in [-0.1, -0.05) is 0 Å². The first-order valence-corrected chi connectivity index (χ1v) is 6.99. The molecule has 0 aromatic heterocycles. The third-order valence-corrected chi connectivity index (χ3v) is 3.52. The van der Waals surface area contributed by atoms with E-state index in [0.717, 1.165) is 26.1 Å². The first-order valence-electron chi connectivity index (χ1n) is 6.99. The molecule has 1 amide bonds. The number of rotatable bonds is 6. The number of aliphatic hydroxyl groups is 1. The zero-order chi connectivity index (χ0) is 14.5. The normalized spacial score (nSPS) is 20.9. The van der Waals surface area contributed by atoms with Gasteiger partial charge in [-0.05, 0) is 39.5 Å². The van der Waals surface area contributed by atoms with Gasteiger partial charge < -0.3 is 19.9 Å². The molecule has 1 heterocycles. The van der Waals surface area contributed by atoms with Crippen LogP contribution in [0.2, 0.25) is 0 Å². The minimum atomic E-state index is -1.01. The van der Waals surface area contributed by atoms with Crippen molar-refractivity contribution in [2.45, 2.75) is 58.3 Å². The molecular formula is C14H27NO4.